The molecule has 0 spiro atoms. The van der Waals surface area contributed by atoms with E-state index in [4.69, 9.17) is 9.15 Å². The third kappa shape index (κ3) is 7.57. The number of hydrogen-bond donors (Lipinski definition) is 2. The number of halogens is 6. The number of alkyl halides is 6. The Bertz CT molecular complexity index is 1810. The van der Waals surface area contributed by atoms with Crippen molar-refractivity contribution in [1.29, 1.82) is 0 Å². The van der Waals surface area contributed by atoms with Crippen molar-refractivity contribution < 1.29 is 50.2 Å². The summed E-state index contributed by atoms with van der Waals surface area (Å²) in [5, 5.41) is 12.0. The number of ether oxygens (including phenoxy) is 1. The van der Waals surface area contributed by atoms with E-state index in [1.807, 2.05) is 6.07 Å². The van der Waals surface area contributed by atoms with Gasteiger partial charge in [-0.1, -0.05) is 66.7 Å². The molecule has 236 valence electrons. The van der Waals surface area contributed by atoms with E-state index in [-0.39, 0.29) is 17.7 Å². The van der Waals surface area contributed by atoms with Crippen LogP contribution in [0.2, 0.25) is 0 Å². The van der Waals surface area contributed by atoms with Crippen LogP contribution in [0.25, 0.3) is 22.5 Å². The molecule has 0 aliphatic rings. The molecule has 0 saturated heterocycles. The minimum atomic E-state index is -5.05. The Morgan fingerprint density at radius 3 is 1.85 bits per heavy atom. The molecule has 1 aromatic heterocycles. The Morgan fingerprint density at radius 1 is 0.739 bits per heavy atom. The largest absolute Gasteiger partial charge is 0.478 e. The molecule has 5 rings (SSSR count). The Balaban J connectivity index is 1.28. The minimum absolute atomic E-state index is 0.0759. The van der Waals surface area contributed by atoms with Crippen LogP contribution < -0.4 is 10.1 Å². The molecule has 0 saturated carbocycles. The zero-order chi connectivity index (χ0) is 33.1. The van der Waals surface area contributed by atoms with Gasteiger partial charge < -0.3 is 19.6 Å². The molecule has 0 fully saturated rings. The summed E-state index contributed by atoms with van der Waals surface area (Å²) in [6.45, 7) is 0. The topological polar surface area (TPSA) is 88.8 Å². The highest BCUT2D eigenvalue weighted by atomic mass is 19.4. The number of carboxylic acid groups (broad SMARTS) is 1. The van der Waals surface area contributed by atoms with E-state index in [0.29, 0.717) is 23.4 Å². The number of aliphatic carboxylic acids is 1. The van der Waals surface area contributed by atoms with Crippen molar-refractivity contribution >= 4 is 17.6 Å². The Kier molecular flexibility index (Phi) is 8.90. The number of carboxylic acids is 1. The zero-order valence-electron chi connectivity index (χ0n) is 23.5. The third-order valence-corrected chi connectivity index (χ3v) is 6.88. The van der Waals surface area contributed by atoms with Gasteiger partial charge in [0, 0.05) is 17.7 Å². The molecule has 4 aromatic carbocycles. The van der Waals surface area contributed by atoms with Gasteiger partial charge in [-0.2, -0.15) is 26.3 Å². The zero-order valence-corrected chi connectivity index (χ0v) is 23.5. The lowest BCUT2D eigenvalue weighted by atomic mass is 10.0. The lowest BCUT2D eigenvalue weighted by Gasteiger charge is -2.15. The first-order valence-corrected chi connectivity index (χ1v) is 13.6. The summed E-state index contributed by atoms with van der Waals surface area (Å²) >= 11 is 0. The molecule has 6 nitrogen and oxygen atoms in total. The lowest BCUT2D eigenvalue weighted by Crippen LogP contribution is -2.29. The highest BCUT2D eigenvalue weighted by Crippen LogP contribution is 2.38. The highest BCUT2D eigenvalue weighted by Gasteiger charge is 2.41. The molecular weight excluding hydrogens is 616 g/mol. The highest BCUT2D eigenvalue weighted by molar-refractivity contribution is 6.06. The molecule has 0 radical (unpaired) electrons. The maximum Gasteiger partial charge on any atom is 0.450 e. The van der Waals surface area contributed by atoms with Gasteiger partial charge in [-0.3, -0.25) is 4.79 Å². The fourth-order valence-electron chi connectivity index (χ4n) is 4.58. The van der Waals surface area contributed by atoms with Crippen molar-refractivity contribution in [3.63, 3.8) is 0 Å². The van der Waals surface area contributed by atoms with Crippen molar-refractivity contribution in [2.24, 2.45) is 0 Å². The second kappa shape index (κ2) is 12.8. The summed E-state index contributed by atoms with van der Waals surface area (Å²) in [6, 6.07) is 26.0. The monoisotopic (exact) mass is 639 g/mol. The second-order valence-electron chi connectivity index (χ2n) is 10.1. The number of furan rings is 1. The molecule has 0 aliphatic heterocycles. The number of rotatable bonds is 9. The quantitative estimate of drug-likeness (QED) is 0.157. The van der Waals surface area contributed by atoms with Crippen LogP contribution in [-0.4, -0.2) is 23.1 Å². The Labute approximate surface area is 257 Å². The van der Waals surface area contributed by atoms with Gasteiger partial charge in [0.15, 0.2) is 6.10 Å². The SMILES string of the molecule is O=C(Nc1ccc(-c2ccc(OC(Cc3ccccc3)C(=O)O)cc2)cc1)c1cc(-c2ccc(C(F)(F)F)cc2)oc1C(F)(F)F. The van der Waals surface area contributed by atoms with Crippen molar-refractivity contribution in [1.82, 2.24) is 0 Å². The minimum Gasteiger partial charge on any atom is -0.478 e. The summed E-state index contributed by atoms with van der Waals surface area (Å²) < 4.78 is 90.3. The molecule has 1 amide bonds. The first kappa shape index (κ1) is 31.9. The fraction of sp³-hybridized carbons (Fsp3) is 0.118. The van der Waals surface area contributed by atoms with Crippen LogP contribution in [-0.2, 0) is 23.6 Å². The smallest absolute Gasteiger partial charge is 0.450 e. The molecule has 12 heteroatoms. The summed E-state index contributed by atoms with van der Waals surface area (Å²) in [6.07, 6.45) is -10.6. The van der Waals surface area contributed by atoms with Gasteiger partial charge in [0.2, 0.25) is 5.76 Å². The van der Waals surface area contributed by atoms with Crippen LogP contribution in [0.4, 0.5) is 32.0 Å². The van der Waals surface area contributed by atoms with Crippen molar-refractivity contribution in [2.45, 2.75) is 24.9 Å². The fourth-order valence-corrected chi connectivity index (χ4v) is 4.58. The Hall–Kier alpha value is -5.52. The second-order valence-corrected chi connectivity index (χ2v) is 10.1. The standard InChI is InChI=1S/C34H23F6NO5/c35-33(36,37)24-12-6-23(7-13-24)28-19-27(30(46-28)34(38,39)40)31(42)41-25-14-8-21(9-15-25)22-10-16-26(17-11-22)45-29(32(43)44)18-20-4-2-1-3-5-20/h1-17,19,29H,18H2,(H,41,42)(H,43,44). The maximum absolute atomic E-state index is 13.7. The van der Waals surface area contributed by atoms with Gasteiger partial charge in [0.1, 0.15) is 11.5 Å². The van der Waals surface area contributed by atoms with Crippen molar-refractivity contribution in [3.8, 4) is 28.2 Å². The van der Waals surface area contributed by atoms with E-state index in [1.54, 1.807) is 60.7 Å². The lowest BCUT2D eigenvalue weighted by molar-refractivity contribution is -0.153. The number of carbonyl (C=O) groups is 2. The summed E-state index contributed by atoms with van der Waals surface area (Å²) in [5.41, 5.74) is 0.477. The van der Waals surface area contributed by atoms with Crippen LogP contribution in [0.15, 0.2) is 114 Å². The van der Waals surface area contributed by atoms with Gasteiger partial charge in [-0.25, -0.2) is 4.79 Å². The Morgan fingerprint density at radius 2 is 1.30 bits per heavy atom. The summed E-state index contributed by atoms with van der Waals surface area (Å²) in [4.78, 5) is 24.6. The number of hydrogen-bond acceptors (Lipinski definition) is 4. The van der Waals surface area contributed by atoms with E-state index in [9.17, 15) is 41.0 Å². The molecule has 1 atom stereocenters. The van der Waals surface area contributed by atoms with Gasteiger partial charge in [0.25, 0.3) is 5.91 Å². The maximum atomic E-state index is 13.7. The van der Waals surface area contributed by atoms with E-state index in [1.165, 1.54) is 12.1 Å². The van der Waals surface area contributed by atoms with E-state index in [2.05, 4.69) is 5.32 Å². The predicted octanol–water partition coefficient (Wildman–Crippen LogP) is 8.98. The number of anilines is 1. The average Bonchev–Trinajstić information content (AvgIpc) is 3.49. The molecule has 0 bridgehead atoms. The van der Waals surface area contributed by atoms with Gasteiger partial charge in [-0.15, -0.1) is 0 Å². The molecule has 46 heavy (non-hydrogen) atoms. The molecule has 5 aromatic rings. The summed E-state index contributed by atoms with van der Waals surface area (Å²) in [7, 11) is 0. The van der Waals surface area contributed by atoms with E-state index < -0.39 is 53.0 Å². The predicted molar refractivity (Wildman–Crippen MR) is 156 cm³/mol. The number of nitrogens with one attached hydrogen (secondary N) is 1. The molecule has 1 heterocycles. The number of carbonyl (C=O) groups excluding carboxylic acids is 1. The van der Waals surface area contributed by atoms with E-state index in [0.717, 1.165) is 29.3 Å². The van der Waals surface area contributed by atoms with Crippen LogP contribution in [0.1, 0.15) is 27.2 Å². The first-order valence-electron chi connectivity index (χ1n) is 13.6. The van der Waals surface area contributed by atoms with Gasteiger partial charge >= 0.3 is 18.3 Å². The third-order valence-electron chi connectivity index (χ3n) is 6.88. The van der Waals surface area contributed by atoms with Gasteiger partial charge in [0.05, 0.1) is 11.1 Å². The summed E-state index contributed by atoms with van der Waals surface area (Å²) in [5.74, 6) is -3.92. The number of benzene rings is 4. The van der Waals surface area contributed by atoms with Gasteiger partial charge in [-0.05, 0) is 59.2 Å². The average molecular weight is 640 g/mol. The van der Waals surface area contributed by atoms with Crippen LogP contribution in [0.3, 0.4) is 0 Å². The normalized spacial score (nSPS) is 12.4. The number of amides is 1. The van der Waals surface area contributed by atoms with Crippen LogP contribution in [0, 0.1) is 0 Å². The molecular formula is C34H23F6NO5. The molecule has 2 N–H and O–H groups in total. The van der Waals surface area contributed by atoms with Crippen molar-refractivity contribution in [3.05, 3.63) is 132 Å². The van der Waals surface area contributed by atoms with Crippen molar-refractivity contribution in [2.75, 3.05) is 5.32 Å². The first-order chi connectivity index (χ1) is 21.8. The van der Waals surface area contributed by atoms with E-state index >= 15 is 0 Å². The van der Waals surface area contributed by atoms with Crippen LogP contribution in [0.5, 0.6) is 5.75 Å². The molecule has 0 aliphatic carbocycles. The molecule has 1 unspecified atom stereocenters. The van der Waals surface area contributed by atoms with Crippen LogP contribution >= 0.6 is 0 Å².